The quantitative estimate of drug-likeness (QED) is 0.541. The summed E-state index contributed by atoms with van der Waals surface area (Å²) in [7, 11) is 0. The van der Waals surface area contributed by atoms with E-state index in [0.29, 0.717) is 12.1 Å². The van der Waals surface area contributed by atoms with Crippen LogP contribution in [0.2, 0.25) is 0 Å². The molecule has 0 radical (unpaired) electrons. The molecule has 5 rings (SSSR count). The van der Waals surface area contributed by atoms with E-state index in [1.807, 2.05) is 40.4 Å². The summed E-state index contributed by atoms with van der Waals surface area (Å²) in [5.74, 6) is -0.377. The Bertz CT molecular complexity index is 1110. The summed E-state index contributed by atoms with van der Waals surface area (Å²) in [5.41, 5.74) is 3.38. The highest BCUT2D eigenvalue weighted by Gasteiger charge is 2.16. The predicted molar refractivity (Wildman–Crippen MR) is 97.4 cm³/mol. The van der Waals surface area contributed by atoms with E-state index in [9.17, 15) is 4.79 Å². The lowest BCUT2D eigenvalue weighted by molar-refractivity contribution is 0.516. The number of para-hydroxylation sites is 2. The van der Waals surface area contributed by atoms with E-state index in [-0.39, 0.29) is 5.76 Å². The number of hydrogen-bond acceptors (Lipinski definition) is 6. The second-order valence-electron chi connectivity index (χ2n) is 6.48. The standard InChI is InChI=1S/C18H17N5O2S/c24-18-23(14-5-1-2-6-15(14)25-18)11-12-10-22(21-20-12)9-8-17-19-13-4-3-7-16(13)26-17/h1-2,5-6,10H,3-4,7-9,11H2. The molecule has 1 aliphatic rings. The molecule has 0 unspecified atom stereocenters. The minimum absolute atomic E-state index is 0.349. The highest BCUT2D eigenvalue weighted by atomic mass is 32.1. The van der Waals surface area contributed by atoms with E-state index in [2.05, 4.69) is 10.3 Å². The van der Waals surface area contributed by atoms with Gasteiger partial charge in [0, 0.05) is 17.8 Å². The third-order valence-electron chi connectivity index (χ3n) is 4.67. The number of benzene rings is 1. The van der Waals surface area contributed by atoms with Crippen LogP contribution < -0.4 is 5.76 Å². The van der Waals surface area contributed by atoms with Gasteiger partial charge in [-0.3, -0.25) is 9.25 Å². The van der Waals surface area contributed by atoms with Crippen LogP contribution in [0.3, 0.4) is 0 Å². The Hall–Kier alpha value is -2.74. The second-order valence-corrected chi connectivity index (χ2v) is 7.64. The fourth-order valence-corrected chi connectivity index (χ4v) is 4.55. The molecule has 0 saturated carbocycles. The normalized spacial score (nSPS) is 13.5. The summed E-state index contributed by atoms with van der Waals surface area (Å²) in [5, 5.41) is 9.55. The summed E-state index contributed by atoms with van der Waals surface area (Å²) in [4.78, 5) is 18.2. The Morgan fingerprint density at radius 3 is 3.08 bits per heavy atom. The molecule has 0 bridgehead atoms. The number of aryl methyl sites for hydroxylation is 4. The number of rotatable bonds is 5. The van der Waals surface area contributed by atoms with Crippen molar-refractivity contribution >= 4 is 22.4 Å². The Labute approximate surface area is 152 Å². The monoisotopic (exact) mass is 367 g/mol. The molecule has 1 aliphatic carbocycles. The maximum absolute atomic E-state index is 12.1. The zero-order chi connectivity index (χ0) is 17.5. The first-order valence-electron chi connectivity index (χ1n) is 8.71. The van der Waals surface area contributed by atoms with Crippen molar-refractivity contribution in [3.8, 4) is 0 Å². The zero-order valence-corrected chi connectivity index (χ0v) is 14.9. The van der Waals surface area contributed by atoms with Crippen molar-refractivity contribution in [3.63, 3.8) is 0 Å². The fourth-order valence-electron chi connectivity index (χ4n) is 3.41. The van der Waals surface area contributed by atoms with Gasteiger partial charge in [0.15, 0.2) is 5.58 Å². The summed E-state index contributed by atoms with van der Waals surface area (Å²) in [6, 6.07) is 7.39. The van der Waals surface area contributed by atoms with Gasteiger partial charge in [-0.2, -0.15) is 0 Å². The van der Waals surface area contributed by atoms with Gasteiger partial charge in [0.05, 0.1) is 29.0 Å². The summed E-state index contributed by atoms with van der Waals surface area (Å²) < 4.78 is 8.65. The van der Waals surface area contributed by atoms with Gasteiger partial charge in [0.25, 0.3) is 0 Å². The molecule has 8 heteroatoms. The first-order chi connectivity index (χ1) is 12.8. The van der Waals surface area contributed by atoms with Crippen molar-refractivity contribution in [2.75, 3.05) is 0 Å². The van der Waals surface area contributed by atoms with Crippen LogP contribution in [0.15, 0.2) is 39.7 Å². The molecule has 3 heterocycles. The predicted octanol–water partition coefficient (Wildman–Crippen LogP) is 2.42. The van der Waals surface area contributed by atoms with Crippen molar-refractivity contribution in [1.82, 2.24) is 24.5 Å². The molecule has 0 saturated heterocycles. The summed E-state index contributed by atoms with van der Waals surface area (Å²) in [6.07, 6.45) is 6.27. The highest BCUT2D eigenvalue weighted by Crippen LogP contribution is 2.27. The molecule has 0 amide bonds. The van der Waals surface area contributed by atoms with E-state index >= 15 is 0 Å². The minimum atomic E-state index is -0.377. The van der Waals surface area contributed by atoms with Gasteiger partial charge in [0.1, 0.15) is 5.69 Å². The molecule has 7 nitrogen and oxygen atoms in total. The van der Waals surface area contributed by atoms with Gasteiger partial charge < -0.3 is 4.42 Å². The Morgan fingerprint density at radius 2 is 2.15 bits per heavy atom. The Balaban J connectivity index is 1.30. The van der Waals surface area contributed by atoms with Gasteiger partial charge in [-0.15, -0.1) is 16.4 Å². The Kier molecular flexibility index (Phi) is 3.70. The highest BCUT2D eigenvalue weighted by molar-refractivity contribution is 7.11. The summed E-state index contributed by atoms with van der Waals surface area (Å²) >= 11 is 1.82. The maximum Gasteiger partial charge on any atom is 0.420 e. The third kappa shape index (κ3) is 2.76. The lowest BCUT2D eigenvalue weighted by Crippen LogP contribution is -2.15. The van der Waals surface area contributed by atoms with E-state index in [1.165, 1.54) is 28.4 Å². The number of oxazole rings is 1. The van der Waals surface area contributed by atoms with Crippen LogP contribution in [0, 0.1) is 0 Å². The molecular weight excluding hydrogens is 350 g/mol. The van der Waals surface area contributed by atoms with Crippen LogP contribution in [0.4, 0.5) is 0 Å². The van der Waals surface area contributed by atoms with Crippen LogP contribution >= 0.6 is 11.3 Å². The SMILES string of the molecule is O=c1oc2ccccc2n1Cc1cn(CCc2nc3c(s2)CCC3)nn1. The van der Waals surface area contributed by atoms with Crippen LogP contribution in [-0.2, 0) is 32.4 Å². The smallest absolute Gasteiger partial charge is 0.408 e. The van der Waals surface area contributed by atoms with Gasteiger partial charge in [0.2, 0.25) is 0 Å². The minimum Gasteiger partial charge on any atom is -0.408 e. The lowest BCUT2D eigenvalue weighted by Gasteiger charge is -1.98. The number of thiazole rings is 1. The van der Waals surface area contributed by atoms with Gasteiger partial charge in [-0.1, -0.05) is 17.3 Å². The molecule has 0 aliphatic heterocycles. The molecule has 0 N–H and O–H groups in total. The number of fused-ring (bicyclic) bond motifs is 2. The average Bonchev–Trinajstić information content (AvgIpc) is 3.38. The van der Waals surface area contributed by atoms with Crippen molar-refractivity contribution in [2.24, 2.45) is 0 Å². The van der Waals surface area contributed by atoms with E-state index in [1.54, 1.807) is 10.6 Å². The van der Waals surface area contributed by atoms with E-state index in [0.717, 1.165) is 30.6 Å². The van der Waals surface area contributed by atoms with Crippen molar-refractivity contribution < 1.29 is 4.42 Å². The molecule has 1 aromatic carbocycles. The van der Waals surface area contributed by atoms with Gasteiger partial charge in [-0.05, 0) is 31.4 Å². The molecule has 4 aromatic rings. The Morgan fingerprint density at radius 1 is 1.23 bits per heavy atom. The van der Waals surface area contributed by atoms with Crippen LogP contribution in [0.1, 0.15) is 27.7 Å². The molecule has 26 heavy (non-hydrogen) atoms. The van der Waals surface area contributed by atoms with E-state index in [4.69, 9.17) is 9.40 Å². The second kappa shape index (κ2) is 6.21. The van der Waals surface area contributed by atoms with Crippen molar-refractivity contribution in [2.45, 2.75) is 38.8 Å². The zero-order valence-electron chi connectivity index (χ0n) is 14.1. The fraction of sp³-hybridized carbons (Fsp3) is 0.333. The first kappa shape index (κ1) is 15.5. The molecule has 3 aromatic heterocycles. The molecule has 0 spiro atoms. The largest absolute Gasteiger partial charge is 0.420 e. The van der Waals surface area contributed by atoms with Crippen LogP contribution in [0.5, 0.6) is 0 Å². The first-order valence-corrected chi connectivity index (χ1v) is 9.53. The van der Waals surface area contributed by atoms with Gasteiger partial charge >= 0.3 is 5.76 Å². The van der Waals surface area contributed by atoms with Crippen molar-refractivity contribution in [3.05, 3.63) is 62.3 Å². The molecule has 0 atom stereocenters. The van der Waals surface area contributed by atoms with Gasteiger partial charge in [-0.25, -0.2) is 9.78 Å². The number of nitrogens with zero attached hydrogens (tertiary/aromatic N) is 5. The van der Waals surface area contributed by atoms with Crippen molar-refractivity contribution in [1.29, 1.82) is 0 Å². The molecular formula is C18H17N5O2S. The maximum atomic E-state index is 12.1. The average molecular weight is 367 g/mol. The van der Waals surface area contributed by atoms with Crippen LogP contribution in [0.25, 0.3) is 11.1 Å². The topological polar surface area (TPSA) is 78.7 Å². The summed E-state index contributed by atoms with van der Waals surface area (Å²) in [6.45, 7) is 1.09. The van der Waals surface area contributed by atoms with E-state index < -0.39 is 0 Å². The molecule has 0 fully saturated rings. The molecule has 132 valence electrons. The van der Waals surface area contributed by atoms with Crippen LogP contribution in [-0.4, -0.2) is 24.5 Å². The number of aromatic nitrogens is 5. The number of hydrogen-bond donors (Lipinski definition) is 0. The third-order valence-corrected chi connectivity index (χ3v) is 5.89. The lowest BCUT2D eigenvalue weighted by atomic mass is 10.3.